The summed E-state index contributed by atoms with van der Waals surface area (Å²) in [7, 11) is 0. The second-order valence-corrected chi connectivity index (χ2v) is 9.02. The number of amides is 1. The molecule has 0 radical (unpaired) electrons. The van der Waals surface area contributed by atoms with Crippen molar-refractivity contribution in [2.45, 2.75) is 38.1 Å². The van der Waals surface area contributed by atoms with Crippen LogP contribution in [-0.2, 0) is 17.6 Å². The normalized spacial score (nSPS) is 15.2. The lowest BCUT2D eigenvalue weighted by molar-refractivity contribution is -0.119. The molecule has 1 aliphatic heterocycles. The summed E-state index contributed by atoms with van der Waals surface area (Å²) >= 11 is 1.73. The topological polar surface area (TPSA) is 23.6 Å². The highest BCUT2D eigenvalue weighted by Crippen LogP contribution is 2.25. The first kappa shape index (κ1) is 20.8. The van der Waals surface area contributed by atoms with Crippen LogP contribution in [-0.4, -0.2) is 36.5 Å². The fourth-order valence-electron chi connectivity index (χ4n) is 4.29. The van der Waals surface area contributed by atoms with Crippen molar-refractivity contribution < 1.29 is 4.79 Å². The van der Waals surface area contributed by atoms with Crippen molar-refractivity contribution in [3.8, 4) is 0 Å². The number of anilines is 1. The third kappa shape index (κ3) is 5.59. The zero-order valence-electron chi connectivity index (χ0n) is 17.5. The van der Waals surface area contributed by atoms with E-state index in [1.54, 1.807) is 11.3 Å². The Bertz CT molecular complexity index is 887. The molecule has 2 aromatic carbocycles. The molecule has 1 saturated heterocycles. The molecule has 0 bridgehead atoms. The molecule has 1 aromatic heterocycles. The second-order valence-electron chi connectivity index (χ2n) is 7.99. The molecule has 3 aromatic rings. The van der Waals surface area contributed by atoms with Gasteiger partial charge in [0.1, 0.15) is 0 Å². The average Bonchev–Trinajstić information content (AvgIpc) is 3.33. The average molecular weight is 419 g/mol. The van der Waals surface area contributed by atoms with Gasteiger partial charge in [0.15, 0.2) is 0 Å². The number of piperidine rings is 1. The third-order valence-corrected chi connectivity index (χ3v) is 6.89. The van der Waals surface area contributed by atoms with Crippen LogP contribution in [0.15, 0.2) is 78.2 Å². The van der Waals surface area contributed by atoms with Crippen LogP contribution in [0.1, 0.15) is 29.7 Å². The van der Waals surface area contributed by atoms with Crippen molar-refractivity contribution in [1.82, 2.24) is 4.90 Å². The smallest absolute Gasteiger partial charge is 0.227 e. The van der Waals surface area contributed by atoms with Crippen LogP contribution in [0.3, 0.4) is 0 Å². The lowest BCUT2D eigenvalue weighted by Crippen LogP contribution is -2.48. The van der Waals surface area contributed by atoms with Crippen molar-refractivity contribution >= 4 is 22.9 Å². The van der Waals surface area contributed by atoms with E-state index in [4.69, 9.17) is 0 Å². The summed E-state index contributed by atoms with van der Waals surface area (Å²) < 4.78 is 0. The summed E-state index contributed by atoms with van der Waals surface area (Å²) in [5.41, 5.74) is 2.44. The van der Waals surface area contributed by atoms with Crippen molar-refractivity contribution in [2.24, 2.45) is 0 Å². The van der Waals surface area contributed by atoms with Crippen LogP contribution in [0, 0.1) is 0 Å². The standard InChI is InChI=1S/C26H30N2OS/c29-26(14-13-25-12-7-21-30-25)28(23-10-5-2-6-11-23)24-16-19-27(20-17-24)18-15-22-8-3-1-4-9-22/h1-12,21,24H,13-20H2. The van der Waals surface area contributed by atoms with Gasteiger partial charge in [0.05, 0.1) is 0 Å². The van der Waals surface area contributed by atoms with Gasteiger partial charge < -0.3 is 9.80 Å². The van der Waals surface area contributed by atoms with Crippen LogP contribution in [0.2, 0.25) is 0 Å². The number of carbonyl (C=O) groups is 1. The highest BCUT2D eigenvalue weighted by Gasteiger charge is 2.28. The largest absolute Gasteiger partial charge is 0.309 e. The number of thiophene rings is 1. The molecule has 4 heteroatoms. The van der Waals surface area contributed by atoms with E-state index in [9.17, 15) is 4.79 Å². The zero-order chi connectivity index (χ0) is 20.6. The van der Waals surface area contributed by atoms with Crippen LogP contribution in [0.4, 0.5) is 5.69 Å². The fourth-order valence-corrected chi connectivity index (χ4v) is 4.99. The Morgan fingerprint density at radius 1 is 0.900 bits per heavy atom. The Labute approximate surface area is 184 Å². The van der Waals surface area contributed by atoms with Crippen molar-refractivity contribution in [2.75, 3.05) is 24.5 Å². The summed E-state index contributed by atoms with van der Waals surface area (Å²) in [6, 6.07) is 25.4. The molecule has 1 amide bonds. The highest BCUT2D eigenvalue weighted by molar-refractivity contribution is 7.09. The summed E-state index contributed by atoms with van der Waals surface area (Å²) in [5.74, 6) is 0.248. The third-order valence-electron chi connectivity index (χ3n) is 5.95. The molecule has 1 aliphatic rings. The number of rotatable bonds is 8. The van der Waals surface area contributed by atoms with E-state index >= 15 is 0 Å². The summed E-state index contributed by atoms with van der Waals surface area (Å²) in [6.07, 6.45) is 4.57. The van der Waals surface area contributed by atoms with E-state index in [1.165, 1.54) is 10.4 Å². The maximum absolute atomic E-state index is 13.2. The number of benzene rings is 2. The van der Waals surface area contributed by atoms with Gasteiger partial charge in [0.25, 0.3) is 0 Å². The molecule has 0 aliphatic carbocycles. The predicted molar refractivity (Wildman–Crippen MR) is 126 cm³/mol. The first-order valence-corrected chi connectivity index (χ1v) is 11.8. The number of hydrogen-bond donors (Lipinski definition) is 0. The van der Waals surface area contributed by atoms with Gasteiger partial charge in [-0.2, -0.15) is 0 Å². The van der Waals surface area contributed by atoms with E-state index in [2.05, 4.69) is 69.8 Å². The molecular weight excluding hydrogens is 388 g/mol. The lowest BCUT2D eigenvalue weighted by atomic mass is 10.0. The minimum absolute atomic E-state index is 0.248. The van der Waals surface area contributed by atoms with Gasteiger partial charge in [-0.25, -0.2) is 0 Å². The van der Waals surface area contributed by atoms with E-state index in [-0.39, 0.29) is 11.9 Å². The number of para-hydroxylation sites is 1. The Morgan fingerprint density at radius 2 is 1.60 bits per heavy atom. The van der Waals surface area contributed by atoms with E-state index < -0.39 is 0 Å². The summed E-state index contributed by atoms with van der Waals surface area (Å²) in [5, 5.41) is 2.08. The van der Waals surface area contributed by atoms with Gasteiger partial charge in [-0.3, -0.25) is 4.79 Å². The van der Waals surface area contributed by atoms with Crippen LogP contribution >= 0.6 is 11.3 Å². The van der Waals surface area contributed by atoms with Gasteiger partial charge in [-0.05, 0) is 54.8 Å². The minimum Gasteiger partial charge on any atom is -0.309 e. The monoisotopic (exact) mass is 418 g/mol. The predicted octanol–water partition coefficient (Wildman–Crippen LogP) is 5.42. The van der Waals surface area contributed by atoms with Crippen molar-refractivity contribution in [1.29, 1.82) is 0 Å². The quantitative estimate of drug-likeness (QED) is 0.488. The Balaban J connectivity index is 1.36. The highest BCUT2D eigenvalue weighted by atomic mass is 32.1. The SMILES string of the molecule is O=C(CCc1cccs1)N(c1ccccc1)C1CCN(CCc2ccccc2)CC1. The molecule has 3 nitrogen and oxygen atoms in total. The van der Waals surface area contributed by atoms with Gasteiger partial charge in [-0.1, -0.05) is 54.6 Å². The summed E-state index contributed by atoms with van der Waals surface area (Å²) in [6.45, 7) is 3.20. The van der Waals surface area contributed by atoms with E-state index in [1.807, 2.05) is 18.2 Å². The molecule has 0 saturated carbocycles. The molecule has 1 fully saturated rings. The van der Waals surface area contributed by atoms with Crippen LogP contribution in [0.25, 0.3) is 0 Å². The molecule has 4 rings (SSSR count). The maximum Gasteiger partial charge on any atom is 0.227 e. The first-order valence-electron chi connectivity index (χ1n) is 11.0. The molecule has 30 heavy (non-hydrogen) atoms. The van der Waals surface area contributed by atoms with E-state index in [0.717, 1.165) is 51.0 Å². The van der Waals surface area contributed by atoms with E-state index in [0.29, 0.717) is 6.42 Å². The molecular formula is C26H30N2OS. The fraction of sp³-hybridized carbons (Fsp3) is 0.346. The molecule has 0 spiro atoms. The Morgan fingerprint density at radius 3 is 2.27 bits per heavy atom. The zero-order valence-corrected chi connectivity index (χ0v) is 18.3. The Kier molecular flexibility index (Phi) is 7.33. The first-order chi connectivity index (χ1) is 14.8. The van der Waals surface area contributed by atoms with Gasteiger partial charge in [0.2, 0.25) is 5.91 Å². The molecule has 2 heterocycles. The molecule has 0 unspecified atom stereocenters. The van der Waals surface area contributed by atoms with Gasteiger partial charge >= 0.3 is 0 Å². The Hall–Kier alpha value is -2.43. The number of nitrogens with zero attached hydrogens (tertiary/aromatic N) is 2. The van der Waals surface area contributed by atoms with Crippen molar-refractivity contribution in [3.63, 3.8) is 0 Å². The minimum atomic E-state index is 0.248. The number of likely N-dealkylation sites (tertiary alicyclic amines) is 1. The number of hydrogen-bond acceptors (Lipinski definition) is 3. The number of carbonyl (C=O) groups excluding carboxylic acids is 1. The molecule has 0 atom stereocenters. The van der Waals surface area contributed by atoms with Crippen LogP contribution < -0.4 is 4.90 Å². The van der Waals surface area contributed by atoms with Crippen molar-refractivity contribution in [3.05, 3.63) is 88.6 Å². The van der Waals surface area contributed by atoms with Gasteiger partial charge in [-0.15, -0.1) is 11.3 Å². The van der Waals surface area contributed by atoms with Crippen LogP contribution in [0.5, 0.6) is 0 Å². The number of aryl methyl sites for hydroxylation is 1. The van der Waals surface area contributed by atoms with Gasteiger partial charge in [0, 0.05) is 42.7 Å². The molecule has 156 valence electrons. The molecule has 0 N–H and O–H groups in total. The maximum atomic E-state index is 13.2. The lowest BCUT2D eigenvalue weighted by Gasteiger charge is -2.38. The summed E-state index contributed by atoms with van der Waals surface area (Å²) in [4.78, 5) is 19.2. The second kappa shape index (κ2) is 10.6.